The van der Waals surface area contributed by atoms with Gasteiger partial charge in [-0.3, -0.25) is 15.2 Å². The van der Waals surface area contributed by atoms with Gasteiger partial charge >= 0.3 is 5.97 Å². The number of carbonyl (C=O) groups is 1. The average molecular weight is 427 g/mol. The van der Waals surface area contributed by atoms with Crippen molar-refractivity contribution in [1.29, 1.82) is 0 Å². The molecule has 0 radical (unpaired) electrons. The molecule has 0 amide bonds. The van der Waals surface area contributed by atoms with Gasteiger partial charge in [-0.2, -0.15) is 5.10 Å². The van der Waals surface area contributed by atoms with E-state index in [4.69, 9.17) is 31.2 Å². The van der Waals surface area contributed by atoms with Gasteiger partial charge in [0.2, 0.25) is 5.75 Å². The minimum atomic E-state index is -0.477. The fourth-order valence-corrected chi connectivity index (χ4v) is 3.10. The number of nitrogens with one attached hydrogen (secondary N) is 1. The minimum absolute atomic E-state index is 0.210. The smallest absolute Gasteiger partial charge is 0.308 e. The van der Waals surface area contributed by atoms with E-state index in [0.717, 1.165) is 5.56 Å². The average Bonchev–Trinajstić information content (AvgIpc) is 3.12. The molecule has 1 N–H and O–H groups in total. The van der Waals surface area contributed by atoms with Crippen LogP contribution in [-0.2, 0) is 4.79 Å². The van der Waals surface area contributed by atoms with E-state index >= 15 is 0 Å². The van der Waals surface area contributed by atoms with Gasteiger partial charge in [-0.25, -0.2) is 0 Å². The van der Waals surface area contributed by atoms with E-state index < -0.39 is 12.0 Å². The molecule has 1 heterocycles. The summed E-state index contributed by atoms with van der Waals surface area (Å²) >= 11 is 5.38. The van der Waals surface area contributed by atoms with E-state index in [1.807, 2.05) is 24.3 Å². The Bertz CT molecular complexity index is 1010. The van der Waals surface area contributed by atoms with Crippen LogP contribution in [0.2, 0.25) is 0 Å². The number of esters is 1. The summed E-state index contributed by atoms with van der Waals surface area (Å²) in [6.45, 7) is 1.31. The van der Waals surface area contributed by atoms with Gasteiger partial charge in [0, 0.05) is 18.7 Å². The van der Waals surface area contributed by atoms with E-state index in [9.17, 15) is 4.79 Å². The van der Waals surface area contributed by atoms with Crippen molar-refractivity contribution in [3.05, 3.63) is 47.5 Å². The second kappa shape index (κ2) is 9.36. The first kappa shape index (κ1) is 21.3. The van der Waals surface area contributed by atoms with Crippen molar-refractivity contribution < 1.29 is 23.7 Å². The zero-order valence-corrected chi connectivity index (χ0v) is 17.8. The molecule has 1 aliphatic rings. The first-order chi connectivity index (χ1) is 14.5. The maximum Gasteiger partial charge on any atom is 0.308 e. The Labute approximate surface area is 179 Å². The SMILES string of the molecule is COc1cccc(C2=NNC(=S)C2N=Cc2cc(OC)c(OC(C)=O)c(OC)c2)c1. The predicted molar refractivity (Wildman–Crippen MR) is 118 cm³/mol. The van der Waals surface area contributed by atoms with Crippen LogP contribution in [0.4, 0.5) is 0 Å². The highest BCUT2D eigenvalue weighted by Gasteiger charge is 2.27. The fourth-order valence-electron chi connectivity index (χ4n) is 2.88. The zero-order valence-electron chi connectivity index (χ0n) is 17.0. The van der Waals surface area contributed by atoms with Gasteiger partial charge in [0.05, 0.1) is 27.0 Å². The monoisotopic (exact) mass is 427 g/mol. The summed E-state index contributed by atoms with van der Waals surface area (Å²) < 4.78 is 21.2. The Morgan fingerprint density at radius 3 is 2.43 bits per heavy atom. The maximum atomic E-state index is 11.4. The third kappa shape index (κ3) is 4.57. The van der Waals surface area contributed by atoms with E-state index in [2.05, 4.69) is 15.5 Å². The van der Waals surface area contributed by atoms with Crippen LogP contribution in [0, 0.1) is 0 Å². The molecule has 0 spiro atoms. The Morgan fingerprint density at radius 2 is 1.83 bits per heavy atom. The van der Waals surface area contributed by atoms with Crippen molar-refractivity contribution in [3.63, 3.8) is 0 Å². The molecule has 0 aliphatic carbocycles. The fraction of sp³-hybridized carbons (Fsp3) is 0.238. The highest BCUT2D eigenvalue weighted by Crippen LogP contribution is 2.38. The van der Waals surface area contributed by atoms with Crippen molar-refractivity contribution in [2.24, 2.45) is 10.1 Å². The number of thiocarbonyl (C=S) groups is 1. The van der Waals surface area contributed by atoms with Crippen LogP contribution < -0.4 is 24.4 Å². The lowest BCUT2D eigenvalue weighted by molar-refractivity contribution is -0.132. The number of methoxy groups -OCH3 is 3. The third-order valence-corrected chi connectivity index (χ3v) is 4.58. The van der Waals surface area contributed by atoms with Crippen LogP contribution in [0.1, 0.15) is 18.1 Å². The summed E-state index contributed by atoms with van der Waals surface area (Å²) in [5.41, 5.74) is 5.04. The van der Waals surface area contributed by atoms with Gasteiger partial charge < -0.3 is 18.9 Å². The molecule has 0 aromatic heterocycles. The first-order valence-electron chi connectivity index (χ1n) is 8.96. The molecule has 156 valence electrons. The molecule has 0 fully saturated rings. The summed E-state index contributed by atoms with van der Waals surface area (Å²) in [5, 5.41) is 4.32. The standard InChI is InChI=1S/C21H21N3O5S/c1-12(25)29-20-16(27-3)8-13(9-17(20)28-4)11-22-19-18(23-24-21(19)30)14-6-5-7-15(10-14)26-2/h5-11,19H,1-4H3,(H,24,30). The van der Waals surface area contributed by atoms with Crippen LogP contribution in [-0.4, -0.2) is 50.3 Å². The van der Waals surface area contributed by atoms with Gasteiger partial charge in [0.1, 0.15) is 16.8 Å². The number of carbonyl (C=O) groups excluding carboxylic acids is 1. The van der Waals surface area contributed by atoms with Crippen molar-refractivity contribution in [3.8, 4) is 23.0 Å². The molecule has 9 heteroatoms. The molecule has 30 heavy (non-hydrogen) atoms. The molecular formula is C21H21N3O5S. The van der Waals surface area contributed by atoms with Crippen LogP contribution in [0.5, 0.6) is 23.0 Å². The number of nitrogens with zero attached hydrogens (tertiary/aromatic N) is 2. The summed E-state index contributed by atoms with van der Waals surface area (Å²) in [6, 6.07) is 10.4. The Hall–Kier alpha value is -3.46. The molecule has 2 aromatic rings. The lowest BCUT2D eigenvalue weighted by atomic mass is 10.0. The van der Waals surface area contributed by atoms with E-state index in [0.29, 0.717) is 33.5 Å². The summed E-state index contributed by atoms with van der Waals surface area (Å²) in [6.07, 6.45) is 1.64. The predicted octanol–water partition coefficient (Wildman–Crippen LogP) is 2.76. The van der Waals surface area contributed by atoms with Gasteiger partial charge in [0.25, 0.3) is 0 Å². The molecule has 3 rings (SSSR count). The zero-order chi connectivity index (χ0) is 21.7. The van der Waals surface area contributed by atoms with Crippen molar-refractivity contribution in [1.82, 2.24) is 5.43 Å². The van der Waals surface area contributed by atoms with Crippen LogP contribution in [0.3, 0.4) is 0 Å². The number of hydrogen-bond acceptors (Lipinski definition) is 8. The molecule has 2 aromatic carbocycles. The third-order valence-electron chi connectivity index (χ3n) is 4.26. The number of ether oxygens (including phenoxy) is 4. The molecule has 1 unspecified atom stereocenters. The first-order valence-corrected chi connectivity index (χ1v) is 9.37. The quantitative estimate of drug-likeness (QED) is 0.314. The number of benzene rings is 2. The van der Waals surface area contributed by atoms with Crippen molar-refractivity contribution >= 4 is 35.1 Å². The lowest BCUT2D eigenvalue weighted by Gasteiger charge is -2.13. The molecule has 0 saturated carbocycles. The van der Waals surface area contributed by atoms with Crippen LogP contribution in [0.25, 0.3) is 0 Å². The highest BCUT2D eigenvalue weighted by atomic mass is 32.1. The second-order valence-corrected chi connectivity index (χ2v) is 6.67. The number of hydrogen-bond donors (Lipinski definition) is 1. The van der Waals surface area contributed by atoms with Gasteiger partial charge in [-0.05, 0) is 29.8 Å². The Balaban J connectivity index is 1.92. The molecule has 1 atom stereocenters. The molecule has 0 saturated heterocycles. The number of aliphatic imine (C=N–C) groups is 1. The highest BCUT2D eigenvalue weighted by molar-refractivity contribution is 7.80. The molecule has 8 nitrogen and oxygen atoms in total. The normalized spacial score (nSPS) is 15.5. The summed E-state index contributed by atoms with van der Waals surface area (Å²) in [7, 11) is 4.56. The van der Waals surface area contributed by atoms with Gasteiger partial charge in [0.15, 0.2) is 11.5 Å². The maximum absolute atomic E-state index is 11.4. The molecule has 0 bridgehead atoms. The minimum Gasteiger partial charge on any atom is -0.497 e. The van der Waals surface area contributed by atoms with E-state index in [1.54, 1.807) is 25.5 Å². The van der Waals surface area contributed by atoms with Crippen molar-refractivity contribution in [2.45, 2.75) is 13.0 Å². The number of rotatable bonds is 7. The largest absolute Gasteiger partial charge is 0.497 e. The topological polar surface area (TPSA) is 90.7 Å². The molecule has 1 aliphatic heterocycles. The van der Waals surface area contributed by atoms with Gasteiger partial charge in [-0.1, -0.05) is 24.4 Å². The van der Waals surface area contributed by atoms with Gasteiger partial charge in [-0.15, -0.1) is 0 Å². The Morgan fingerprint density at radius 1 is 1.13 bits per heavy atom. The second-order valence-electron chi connectivity index (χ2n) is 6.23. The van der Waals surface area contributed by atoms with Crippen LogP contribution >= 0.6 is 12.2 Å². The van der Waals surface area contributed by atoms with Crippen molar-refractivity contribution in [2.75, 3.05) is 21.3 Å². The summed E-state index contributed by atoms with van der Waals surface area (Å²) in [4.78, 5) is 16.5. The summed E-state index contributed by atoms with van der Waals surface area (Å²) in [5.74, 6) is 1.14. The van der Waals surface area contributed by atoms with Crippen LogP contribution in [0.15, 0.2) is 46.5 Å². The lowest BCUT2D eigenvalue weighted by Crippen LogP contribution is -2.26. The van der Waals surface area contributed by atoms with E-state index in [1.165, 1.54) is 21.1 Å². The van der Waals surface area contributed by atoms with E-state index in [-0.39, 0.29) is 5.75 Å². The number of hydrazone groups is 1. The Kier molecular flexibility index (Phi) is 6.63. The molecular weight excluding hydrogens is 406 g/mol.